The van der Waals surface area contributed by atoms with E-state index in [2.05, 4.69) is 32.9 Å². The highest BCUT2D eigenvalue weighted by Crippen LogP contribution is 2.12. The van der Waals surface area contributed by atoms with E-state index >= 15 is 0 Å². The van der Waals surface area contributed by atoms with Crippen molar-refractivity contribution in [1.82, 2.24) is 20.9 Å². The Hall–Kier alpha value is -0.900. The summed E-state index contributed by atoms with van der Waals surface area (Å²) >= 11 is 1.70. The molecule has 0 saturated heterocycles. The molecule has 0 aliphatic carbocycles. The molecule has 0 bridgehead atoms. The Morgan fingerprint density at radius 1 is 1.27 bits per heavy atom. The molecule has 6 nitrogen and oxygen atoms in total. The van der Waals surface area contributed by atoms with Crippen molar-refractivity contribution in [3.63, 3.8) is 0 Å². The zero-order chi connectivity index (χ0) is 15.5. The summed E-state index contributed by atoms with van der Waals surface area (Å²) < 4.78 is 0. The van der Waals surface area contributed by atoms with Crippen molar-refractivity contribution in [2.75, 3.05) is 20.1 Å². The first-order valence-electron chi connectivity index (χ1n) is 7.34. The number of guanidine groups is 1. The van der Waals surface area contributed by atoms with Crippen LogP contribution in [-0.2, 0) is 17.8 Å². The second-order valence-corrected chi connectivity index (χ2v) is 5.73. The molecule has 0 aliphatic heterocycles. The average Bonchev–Trinajstić information content (AvgIpc) is 2.96. The van der Waals surface area contributed by atoms with Gasteiger partial charge >= 0.3 is 0 Å². The van der Waals surface area contributed by atoms with Crippen LogP contribution in [0.2, 0.25) is 0 Å². The summed E-state index contributed by atoms with van der Waals surface area (Å²) in [5.74, 6) is 0.749. The lowest BCUT2D eigenvalue weighted by molar-refractivity contribution is -0.120. The molecule has 0 aromatic carbocycles. The van der Waals surface area contributed by atoms with Gasteiger partial charge in [-0.15, -0.1) is 35.3 Å². The number of halogens is 1. The van der Waals surface area contributed by atoms with Crippen LogP contribution < -0.4 is 16.0 Å². The summed E-state index contributed by atoms with van der Waals surface area (Å²) in [6.45, 7) is 6.09. The molecule has 126 valence electrons. The number of carbonyl (C=O) groups excluding carboxylic acids is 1. The van der Waals surface area contributed by atoms with E-state index in [0.29, 0.717) is 25.5 Å². The molecule has 0 fully saturated rings. The second-order valence-electron chi connectivity index (χ2n) is 4.53. The smallest absolute Gasteiger partial charge is 0.221 e. The Morgan fingerprint density at radius 3 is 2.64 bits per heavy atom. The van der Waals surface area contributed by atoms with Gasteiger partial charge in [0.15, 0.2) is 5.96 Å². The van der Waals surface area contributed by atoms with Gasteiger partial charge in [0.1, 0.15) is 5.01 Å². The van der Waals surface area contributed by atoms with Gasteiger partial charge in [-0.1, -0.05) is 13.8 Å². The molecular formula is C14H26IN5OS. The average molecular weight is 439 g/mol. The summed E-state index contributed by atoms with van der Waals surface area (Å²) in [6.07, 6.45) is 4.32. The van der Waals surface area contributed by atoms with E-state index < -0.39 is 0 Å². The topological polar surface area (TPSA) is 78.4 Å². The van der Waals surface area contributed by atoms with Crippen molar-refractivity contribution in [3.05, 3.63) is 16.1 Å². The Morgan fingerprint density at radius 2 is 2.05 bits per heavy atom. The normalized spacial score (nSPS) is 10.8. The molecule has 0 spiro atoms. The van der Waals surface area contributed by atoms with Gasteiger partial charge < -0.3 is 16.0 Å². The number of rotatable bonds is 8. The van der Waals surface area contributed by atoms with E-state index in [1.807, 2.05) is 13.1 Å². The van der Waals surface area contributed by atoms with Crippen molar-refractivity contribution in [1.29, 1.82) is 0 Å². The Kier molecular flexibility index (Phi) is 12.1. The first-order chi connectivity index (χ1) is 10.2. The first kappa shape index (κ1) is 21.1. The summed E-state index contributed by atoms with van der Waals surface area (Å²) in [7, 11) is 1.71. The summed E-state index contributed by atoms with van der Waals surface area (Å²) in [4.78, 5) is 21.2. The molecular weight excluding hydrogens is 413 g/mol. The molecule has 1 aromatic heterocycles. The number of aromatic nitrogens is 1. The van der Waals surface area contributed by atoms with Gasteiger partial charge in [-0.25, -0.2) is 4.98 Å². The molecule has 0 unspecified atom stereocenters. The molecule has 0 atom stereocenters. The fourth-order valence-electron chi connectivity index (χ4n) is 1.62. The molecule has 0 aliphatic rings. The minimum Gasteiger partial charge on any atom is -0.356 e. The molecule has 1 rings (SSSR count). The number of amides is 1. The van der Waals surface area contributed by atoms with Gasteiger partial charge in [-0.3, -0.25) is 9.79 Å². The maximum absolute atomic E-state index is 11.5. The third-order valence-corrected chi connectivity index (χ3v) is 3.94. The Labute approximate surface area is 153 Å². The number of hydrogen-bond donors (Lipinski definition) is 3. The first-order valence-corrected chi connectivity index (χ1v) is 8.16. The highest BCUT2D eigenvalue weighted by Gasteiger charge is 2.04. The zero-order valence-corrected chi connectivity index (χ0v) is 16.6. The van der Waals surface area contributed by atoms with E-state index in [1.54, 1.807) is 18.4 Å². The highest BCUT2D eigenvalue weighted by molar-refractivity contribution is 14.0. The maximum Gasteiger partial charge on any atom is 0.221 e. The molecule has 1 amide bonds. The quantitative estimate of drug-likeness (QED) is 0.329. The van der Waals surface area contributed by atoms with Crippen LogP contribution in [0.25, 0.3) is 0 Å². The van der Waals surface area contributed by atoms with E-state index in [4.69, 9.17) is 0 Å². The van der Waals surface area contributed by atoms with E-state index in [-0.39, 0.29) is 29.9 Å². The molecule has 8 heteroatoms. The number of thiazole rings is 1. The summed E-state index contributed by atoms with van der Waals surface area (Å²) in [6, 6.07) is 0. The minimum atomic E-state index is 0. The van der Waals surface area contributed by atoms with Crippen molar-refractivity contribution in [3.8, 4) is 0 Å². The standard InChI is InChI=1S/C14H25N5OS.HI/c1-4-7-16-12(20)6-8-17-14(15-3)19-10-13-18-9-11(5-2)21-13;/h9H,4-8,10H2,1-3H3,(H,16,20)(H2,15,17,19);1H. The van der Waals surface area contributed by atoms with Gasteiger partial charge in [-0.05, 0) is 12.8 Å². The van der Waals surface area contributed by atoms with Crippen molar-refractivity contribution in [2.45, 2.75) is 39.7 Å². The zero-order valence-electron chi connectivity index (χ0n) is 13.4. The lowest BCUT2D eigenvalue weighted by Gasteiger charge is -2.10. The number of aliphatic imine (C=N–C) groups is 1. The molecule has 22 heavy (non-hydrogen) atoms. The lowest BCUT2D eigenvalue weighted by atomic mass is 10.4. The summed E-state index contributed by atoms with van der Waals surface area (Å²) in [5.41, 5.74) is 0. The van der Waals surface area contributed by atoms with Crippen molar-refractivity contribution >= 4 is 47.2 Å². The molecule has 1 aromatic rings. The van der Waals surface area contributed by atoms with Crippen molar-refractivity contribution < 1.29 is 4.79 Å². The van der Waals surface area contributed by atoms with Crippen LogP contribution in [0.4, 0.5) is 0 Å². The Balaban J connectivity index is 0.00000441. The van der Waals surface area contributed by atoms with E-state index in [1.165, 1.54) is 4.88 Å². The number of nitrogens with one attached hydrogen (secondary N) is 3. The largest absolute Gasteiger partial charge is 0.356 e. The number of aryl methyl sites for hydroxylation is 1. The van der Waals surface area contributed by atoms with Crippen molar-refractivity contribution in [2.24, 2.45) is 4.99 Å². The van der Waals surface area contributed by atoms with E-state index in [0.717, 1.165) is 24.4 Å². The van der Waals surface area contributed by atoms with Gasteiger partial charge in [0.25, 0.3) is 0 Å². The predicted molar refractivity (Wildman–Crippen MR) is 103 cm³/mol. The fourth-order valence-corrected chi connectivity index (χ4v) is 2.42. The number of carbonyl (C=O) groups is 1. The van der Waals surface area contributed by atoms with Crippen LogP contribution >= 0.6 is 35.3 Å². The molecule has 3 N–H and O–H groups in total. The minimum absolute atomic E-state index is 0. The number of nitrogens with zero attached hydrogens (tertiary/aromatic N) is 2. The second kappa shape index (κ2) is 12.6. The van der Waals surface area contributed by atoms with Gasteiger partial charge in [0.2, 0.25) is 5.91 Å². The lowest BCUT2D eigenvalue weighted by Crippen LogP contribution is -2.39. The third kappa shape index (κ3) is 8.52. The van der Waals surface area contributed by atoms with Crippen LogP contribution in [0.1, 0.15) is 36.6 Å². The van der Waals surface area contributed by atoms with E-state index in [9.17, 15) is 4.79 Å². The number of hydrogen-bond acceptors (Lipinski definition) is 4. The molecule has 1 heterocycles. The monoisotopic (exact) mass is 439 g/mol. The van der Waals surface area contributed by atoms with Crippen LogP contribution in [-0.4, -0.2) is 37.0 Å². The SMILES string of the molecule is CCCNC(=O)CCNC(=NC)NCc1ncc(CC)s1.I. The fraction of sp³-hybridized carbons (Fsp3) is 0.643. The van der Waals surface area contributed by atoms with Gasteiger partial charge in [0.05, 0.1) is 6.54 Å². The molecule has 0 saturated carbocycles. The molecule has 0 radical (unpaired) electrons. The summed E-state index contributed by atoms with van der Waals surface area (Å²) in [5, 5.41) is 10.2. The third-order valence-electron chi connectivity index (χ3n) is 2.80. The van der Waals surface area contributed by atoms with Crippen LogP contribution in [0.5, 0.6) is 0 Å². The Bertz CT molecular complexity index is 464. The van der Waals surface area contributed by atoms with Crippen LogP contribution in [0.15, 0.2) is 11.2 Å². The van der Waals surface area contributed by atoms with Crippen LogP contribution in [0.3, 0.4) is 0 Å². The predicted octanol–water partition coefficient (Wildman–Crippen LogP) is 1.90. The van der Waals surface area contributed by atoms with Gasteiger partial charge in [-0.2, -0.15) is 0 Å². The van der Waals surface area contributed by atoms with Crippen LogP contribution in [0, 0.1) is 0 Å². The van der Waals surface area contributed by atoms with Gasteiger partial charge in [0, 0.05) is 37.6 Å². The maximum atomic E-state index is 11.5. The highest BCUT2D eigenvalue weighted by atomic mass is 127.